The van der Waals surface area contributed by atoms with Gasteiger partial charge in [0.25, 0.3) is 0 Å². The van der Waals surface area contributed by atoms with Gasteiger partial charge in [0.15, 0.2) is 0 Å². The fourth-order valence-electron chi connectivity index (χ4n) is 0.995. The Balaban J connectivity index is 0.00000121. The molecule has 1 aromatic carbocycles. The molecule has 0 radical (unpaired) electrons. The molecular weight excluding hydrogens is 159 g/mol. The zero-order valence-corrected chi connectivity index (χ0v) is 10.0. The smallest absolute Gasteiger partial charge is 0.846 e. The summed E-state index contributed by atoms with van der Waals surface area (Å²) in [6, 6.07) is 9.50. The van der Waals surface area contributed by atoms with Gasteiger partial charge in [0.1, 0.15) is 0 Å². The van der Waals surface area contributed by atoms with E-state index in [-0.39, 0.29) is 29.6 Å². The van der Waals surface area contributed by atoms with Gasteiger partial charge in [-0.05, 0) is 0 Å². The van der Waals surface area contributed by atoms with Crippen LogP contribution < -0.4 is 34.7 Å². The van der Waals surface area contributed by atoms with Crippen molar-refractivity contribution in [3.63, 3.8) is 0 Å². The summed E-state index contributed by atoms with van der Waals surface area (Å²) in [5.41, 5.74) is -0.0381. The van der Waals surface area contributed by atoms with E-state index < -0.39 is 5.60 Å². The second kappa shape index (κ2) is 5.03. The molecule has 0 bridgehead atoms. The molecule has 0 saturated heterocycles. The first kappa shape index (κ1) is 12.2. The molecule has 0 aromatic heterocycles. The molecule has 1 rings (SSSR count). The van der Waals surface area contributed by atoms with Gasteiger partial charge < -0.3 is 5.11 Å². The molecule has 0 fully saturated rings. The fourth-order valence-corrected chi connectivity index (χ4v) is 0.995. The van der Waals surface area contributed by atoms with Gasteiger partial charge >= 0.3 is 29.6 Å². The average molecular weight is 172 g/mol. The summed E-state index contributed by atoms with van der Waals surface area (Å²) >= 11 is 0. The topological polar surface area (TPSA) is 23.1 Å². The van der Waals surface area contributed by atoms with E-state index in [0.717, 1.165) is 5.56 Å². The second-order valence-corrected chi connectivity index (χ2v) is 2.95. The third-order valence-corrected chi connectivity index (χ3v) is 2.06. The molecule has 1 unspecified atom stereocenters. The standard InChI is InChI=1S/C10H13O.Na/c1-3-10(2,11)9-7-5-4-6-8-9;/h4-8H,3H2,1-2H3;/q-1;+1. The maximum Gasteiger partial charge on any atom is 1.00 e. The Morgan fingerprint density at radius 3 is 2.17 bits per heavy atom. The quantitative estimate of drug-likeness (QED) is 0.507. The van der Waals surface area contributed by atoms with Crippen molar-refractivity contribution in [1.29, 1.82) is 0 Å². The van der Waals surface area contributed by atoms with Crippen LogP contribution in [0.3, 0.4) is 0 Å². The van der Waals surface area contributed by atoms with E-state index in [1.54, 1.807) is 6.92 Å². The summed E-state index contributed by atoms with van der Waals surface area (Å²) in [5, 5.41) is 11.7. The molecule has 0 amide bonds. The van der Waals surface area contributed by atoms with Crippen LogP contribution in [0.15, 0.2) is 30.3 Å². The Kier molecular flexibility index (Phi) is 5.10. The predicted molar refractivity (Wildman–Crippen MR) is 44.1 cm³/mol. The molecule has 0 spiro atoms. The number of benzene rings is 1. The van der Waals surface area contributed by atoms with Crippen molar-refractivity contribution in [3.05, 3.63) is 35.9 Å². The van der Waals surface area contributed by atoms with Crippen LogP contribution in [0.25, 0.3) is 0 Å². The van der Waals surface area contributed by atoms with E-state index in [0.29, 0.717) is 6.42 Å². The first-order valence-corrected chi connectivity index (χ1v) is 3.93. The molecule has 0 N–H and O–H groups in total. The van der Waals surface area contributed by atoms with Gasteiger partial charge in [-0.2, -0.15) is 0 Å². The molecule has 0 heterocycles. The summed E-state index contributed by atoms with van der Waals surface area (Å²) in [7, 11) is 0. The van der Waals surface area contributed by atoms with Gasteiger partial charge in [-0.15, -0.1) is 0 Å². The fraction of sp³-hybridized carbons (Fsp3) is 0.400. The Bertz CT molecular complexity index is 219. The minimum absolute atomic E-state index is 0. The predicted octanol–water partition coefficient (Wildman–Crippen LogP) is -1.32. The van der Waals surface area contributed by atoms with Crippen molar-refractivity contribution in [2.24, 2.45) is 0 Å². The first-order valence-electron chi connectivity index (χ1n) is 3.93. The van der Waals surface area contributed by atoms with Gasteiger partial charge in [0.05, 0.1) is 0 Å². The van der Waals surface area contributed by atoms with Crippen LogP contribution in [0.2, 0.25) is 0 Å². The summed E-state index contributed by atoms with van der Waals surface area (Å²) in [6.07, 6.45) is 0.636. The molecule has 1 nitrogen and oxygen atoms in total. The van der Waals surface area contributed by atoms with Crippen LogP contribution in [-0.4, -0.2) is 0 Å². The zero-order chi connectivity index (χ0) is 8.32. The molecule has 0 aliphatic heterocycles. The van der Waals surface area contributed by atoms with Crippen molar-refractivity contribution in [1.82, 2.24) is 0 Å². The minimum Gasteiger partial charge on any atom is -0.846 e. The van der Waals surface area contributed by atoms with E-state index in [4.69, 9.17) is 0 Å². The van der Waals surface area contributed by atoms with E-state index in [1.165, 1.54) is 0 Å². The second-order valence-electron chi connectivity index (χ2n) is 2.95. The van der Waals surface area contributed by atoms with Crippen molar-refractivity contribution in [2.75, 3.05) is 0 Å². The maximum atomic E-state index is 11.7. The normalized spacial score (nSPS) is 14.6. The molecule has 0 aliphatic rings. The maximum absolute atomic E-state index is 11.7. The Morgan fingerprint density at radius 2 is 1.75 bits per heavy atom. The molecule has 60 valence electrons. The monoisotopic (exact) mass is 172 g/mol. The Labute approximate surface area is 96.1 Å². The number of hydrogen-bond acceptors (Lipinski definition) is 1. The SMILES string of the molecule is CCC(C)([O-])c1ccccc1.[Na+]. The van der Waals surface area contributed by atoms with Gasteiger partial charge in [0.2, 0.25) is 0 Å². The van der Waals surface area contributed by atoms with Gasteiger partial charge in [0, 0.05) is 0 Å². The summed E-state index contributed by atoms with van der Waals surface area (Å²) in [4.78, 5) is 0. The summed E-state index contributed by atoms with van der Waals surface area (Å²) in [5.74, 6) is 0. The molecule has 12 heavy (non-hydrogen) atoms. The Hall–Kier alpha value is 0.180. The van der Waals surface area contributed by atoms with Crippen LogP contribution in [0.5, 0.6) is 0 Å². The third-order valence-electron chi connectivity index (χ3n) is 2.06. The molecule has 0 aliphatic carbocycles. The molecule has 2 heteroatoms. The van der Waals surface area contributed by atoms with E-state index >= 15 is 0 Å². The van der Waals surface area contributed by atoms with E-state index in [2.05, 4.69) is 0 Å². The summed E-state index contributed by atoms with van der Waals surface area (Å²) in [6.45, 7) is 3.64. The van der Waals surface area contributed by atoms with Crippen LogP contribution in [-0.2, 0) is 5.60 Å². The van der Waals surface area contributed by atoms with Crippen molar-refractivity contribution in [2.45, 2.75) is 25.9 Å². The average Bonchev–Trinajstić information content (AvgIpc) is 2.06. The van der Waals surface area contributed by atoms with Crippen molar-refractivity contribution < 1.29 is 34.7 Å². The number of hydrogen-bond donors (Lipinski definition) is 0. The van der Waals surface area contributed by atoms with Crippen LogP contribution in [0.1, 0.15) is 25.8 Å². The third kappa shape index (κ3) is 2.91. The van der Waals surface area contributed by atoms with Gasteiger partial charge in [-0.3, -0.25) is 0 Å². The van der Waals surface area contributed by atoms with E-state index in [9.17, 15) is 5.11 Å². The van der Waals surface area contributed by atoms with Crippen molar-refractivity contribution in [3.8, 4) is 0 Å². The molecule has 1 aromatic rings. The van der Waals surface area contributed by atoms with Crippen LogP contribution >= 0.6 is 0 Å². The minimum atomic E-state index is -0.915. The van der Waals surface area contributed by atoms with E-state index in [1.807, 2.05) is 37.3 Å². The molecule has 1 atom stereocenters. The largest absolute Gasteiger partial charge is 1.00 e. The first-order chi connectivity index (χ1) is 5.17. The molecular formula is C10H13NaO. The van der Waals surface area contributed by atoms with Crippen LogP contribution in [0, 0.1) is 0 Å². The van der Waals surface area contributed by atoms with Crippen molar-refractivity contribution >= 4 is 0 Å². The van der Waals surface area contributed by atoms with Gasteiger partial charge in [-0.1, -0.05) is 61.8 Å². The molecule has 0 saturated carbocycles. The van der Waals surface area contributed by atoms with Gasteiger partial charge in [-0.25, -0.2) is 0 Å². The Morgan fingerprint density at radius 1 is 1.25 bits per heavy atom. The van der Waals surface area contributed by atoms with Crippen LogP contribution in [0.4, 0.5) is 0 Å². The zero-order valence-electron chi connectivity index (χ0n) is 8.00. The number of rotatable bonds is 2. The summed E-state index contributed by atoms with van der Waals surface area (Å²) < 4.78 is 0.